The zero-order valence-electron chi connectivity index (χ0n) is 28.8. The number of hydrogen-bond donors (Lipinski definition) is 4. The number of aryl methyl sites for hydroxylation is 1. The monoisotopic (exact) mass is 677 g/mol. The standard InChI is InChI=1S/C37H43N9O4/c1-22-8-17-30-29(21-40-41-30)32(22)27-7-5-6-24(18-27)19-31(33(38)47)46(28-15-13-25(14-16-28)34-42-44-45-43-34)35(48)26-11-9-23(10-12-26)20-39-36(49)50-37(2,3)4/h5-8,13-18,21,23,26,31H,9-12,19-20H2,1-4H3,(H2,38,47)(H,39,49)(H,40,41)(H,42,43,44,45)/t23?,26?,31-/m0/s1. The molecule has 1 aliphatic rings. The number of amides is 3. The molecule has 0 bridgehead atoms. The first-order chi connectivity index (χ1) is 24.0. The molecule has 3 aromatic carbocycles. The van der Waals surface area contributed by atoms with Gasteiger partial charge in [0.1, 0.15) is 11.6 Å². The van der Waals surface area contributed by atoms with Gasteiger partial charge < -0.3 is 15.8 Å². The summed E-state index contributed by atoms with van der Waals surface area (Å²) in [4.78, 5) is 41.6. The molecule has 0 unspecified atom stereocenters. The lowest BCUT2D eigenvalue weighted by Gasteiger charge is -2.36. The van der Waals surface area contributed by atoms with E-state index in [0.717, 1.165) is 46.0 Å². The second-order valence-corrected chi connectivity index (χ2v) is 14.0. The molecule has 1 aliphatic carbocycles. The average Bonchev–Trinajstić information content (AvgIpc) is 3.80. The second kappa shape index (κ2) is 14.5. The number of tetrazole rings is 1. The van der Waals surface area contributed by atoms with Crippen molar-refractivity contribution in [1.29, 1.82) is 0 Å². The summed E-state index contributed by atoms with van der Waals surface area (Å²) in [5.41, 5.74) is 11.7. The van der Waals surface area contributed by atoms with Gasteiger partial charge in [0, 0.05) is 35.5 Å². The number of nitrogens with zero attached hydrogens (tertiary/aromatic N) is 5. The van der Waals surface area contributed by atoms with Gasteiger partial charge in [0.2, 0.25) is 17.6 Å². The number of carbonyl (C=O) groups excluding carboxylic acids is 3. The summed E-state index contributed by atoms with van der Waals surface area (Å²) in [7, 11) is 0. The number of primary amides is 1. The fraction of sp³-hybridized carbons (Fsp3) is 0.378. The molecule has 6 rings (SSSR count). The highest BCUT2D eigenvalue weighted by Crippen LogP contribution is 2.35. The number of ether oxygens (including phenoxy) is 1. The molecule has 5 aromatic rings. The quantitative estimate of drug-likeness (QED) is 0.150. The number of hydrogen-bond acceptors (Lipinski definition) is 8. The van der Waals surface area contributed by atoms with Crippen molar-refractivity contribution in [3.05, 3.63) is 78.0 Å². The van der Waals surface area contributed by atoms with Crippen LogP contribution in [0.2, 0.25) is 0 Å². The van der Waals surface area contributed by atoms with E-state index < -0.39 is 23.6 Å². The topological polar surface area (TPSA) is 185 Å². The van der Waals surface area contributed by atoms with Gasteiger partial charge in [-0.05, 0) is 117 Å². The van der Waals surface area contributed by atoms with Crippen LogP contribution < -0.4 is 16.0 Å². The van der Waals surface area contributed by atoms with Crippen LogP contribution in [-0.4, -0.2) is 66.9 Å². The lowest BCUT2D eigenvalue weighted by molar-refractivity contribution is -0.127. The van der Waals surface area contributed by atoms with E-state index in [1.807, 2.05) is 51.2 Å². The molecule has 13 heteroatoms. The number of benzene rings is 3. The van der Waals surface area contributed by atoms with E-state index in [4.69, 9.17) is 10.5 Å². The molecule has 50 heavy (non-hydrogen) atoms. The molecule has 5 N–H and O–H groups in total. The van der Waals surface area contributed by atoms with Gasteiger partial charge in [-0.15, -0.1) is 10.2 Å². The summed E-state index contributed by atoms with van der Waals surface area (Å²) in [6.07, 6.45) is 4.32. The van der Waals surface area contributed by atoms with E-state index in [1.54, 1.807) is 29.2 Å². The number of H-pyrrole nitrogens is 2. The Bertz CT molecular complexity index is 1960. The van der Waals surface area contributed by atoms with Crippen molar-refractivity contribution in [3.8, 4) is 22.5 Å². The van der Waals surface area contributed by atoms with Gasteiger partial charge >= 0.3 is 6.09 Å². The predicted octanol–water partition coefficient (Wildman–Crippen LogP) is 5.48. The van der Waals surface area contributed by atoms with Gasteiger partial charge in [-0.3, -0.25) is 19.6 Å². The molecule has 0 saturated heterocycles. The zero-order valence-corrected chi connectivity index (χ0v) is 28.8. The van der Waals surface area contributed by atoms with Crippen LogP contribution in [0.4, 0.5) is 10.5 Å². The molecular weight excluding hydrogens is 634 g/mol. The fourth-order valence-electron chi connectivity index (χ4n) is 6.77. The number of aromatic nitrogens is 6. The molecule has 1 atom stereocenters. The minimum atomic E-state index is -0.953. The maximum absolute atomic E-state index is 14.5. The highest BCUT2D eigenvalue weighted by molar-refractivity contribution is 6.02. The number of alkyl carbamates (subject to hydrolysis) is 1. The van der Waals surface area contributed by atoms with Gasteiger partial charge in [0.25, 0.3) is 0 Å². The largest absolute Gasteiger partial charge is 0.444 e. The van der Waals surface area contributed by atoms with Gasteiger partial charge in [0.15, 0.2) is 0 Å². The molecule has 0 aliphatic heterocycles. The van der Waals surface area contributed by atoms with Crippen molar-refractivity contribution >= 4 is 34.5 Å². The number of anilines is 1. The number of nitrogens with one attached hydrogen (secondary N) is 3. The predicted molar refractivity (Wildman–Crippen MR) is 190 cm³/mol. The van der Waals surface area contributed by atoms with Gasteiger partial charge in [-0.2, -0.15) is 10.3 Å². The van der Waals surface area contributed by atoms with Crippen LogP contribution in [0.15, 0.2) is 66.9 Å². The van der Waals surface area contributed by atoms with Crippen molar-refractivity contribution in [1.82, 2.24) is 36.1 Å². The fourth-order valence-corrected chi connectivity index (χ4v) is 6.77. The van der Waals surface area contributed by atoms with E-state index in [9.17, 15) is 14.4 Å². The van der Waals surface area contributed by atoms with E-state index in [0.29, 0.717) is 36.5 Å². The Labute approximate surface area is 290 Å². The Morgan fingerprint density at radius 2 is 1.78 bits per heavy atom. The van der Waals surface area contributed by atoms with E-state index in [2.05, 4.69) is 55.2 Å². The average molecular weight is 678 g/mol. The summed E-state index contributed by atoms with van der Waals surface area (Å²) in [6.45, 7) is 8.01. The molecular formula is C37H43N9O4. The number of aromatic amines is 2. The summed E-state index contributed by atoms with van der Waals surface area (Å²) in [5.74, 6) is -0.450. The summed E-state index contributed by atoms with van der Waals surface area (Å²) < 4.78 is 5.38. The van der Waals surface area contributed by atoms with E-state index >= 15 is 0 Å². The van der Waals surface area contributed by atoms with Crippen molar-refractivity contribution in [3.63, 3.8) is 0 Å². The maximum Gasteiger partial charge on any atom is 0.407 e. The van der Waals surface area contributed by atoms with E-state index in [-0.39, 0.29) is 24.2 Å². The molecule has 1 saturated carbocycles. The third-order valence-electron chi connectivity index (χ3n) is 9.23. The lowest BCUT2D eigenvalue weighted by atomic mass is 9.81. The van der Waals surface area contributed by atoms with Crippen molar-refractivity contribution in [2.45, 2.75) is 71.4 Å². The minimum Gasteiger partial charge on any atom is -0.444 e. The van der Waals surface area contributed by atoms with Crippen molar-refractivity contribution in [2.75, 3.05) is 11.4 Å². The van der Waals surface area contributed by atoms with E-state index in [1.165, 1.54) is 0 Å². The second-order valence-electron chi connectivity index (χ2n) is 14.0. The highest BCUT2D eigenvalue weighted by Gasteiger charge is 2.36. The Hall–Kier alpha value is -5.59. The number of nitrogens with two attached hydrogens (primary N) is 1. The van der Waals surface area contributed by atoms with Crippen LogP contribution in [0.25, 0.3) is 33.4 Å². The summed E-state index contributed by atoms with van der Waals surface area (Å²) in [5, 5.41) is 25.3. The number of carbonyl (C=O) groups is 3. The van der Waals surface area contributed by atoms with Gasteiger partial charge in [0.05, 0.1) is 11.7 Å². The first kappa shape index (κ1) is 34.3. The molecule has 260 valence electrons. The minimum absolute atomic E-state index is 0.158. The van der Waals surface area contributed by atoms with Crippen molar-refractivity contribution < 1.29 is 19.1 Å². The SMILES string of the molecule is Cc1ccc2[nH]ncc2c1-c1cccc(C[C@@H](C(N)=O)N(C(=O)C2CCC(CNC(=O)OC(C)(C)C)CC2)c2ccc(-c3nn[nH]n3)cc2)c1. The van der Waals surface area contributed by atoms with Gasteiger partial charge in [-0.25, -0.2) is 4.79 Å². The van der Waals surface area contributed by atoms with Crippen LogP contribution in [-0.2, 0) is 20.7 Å². The highest BCUT2D eigenvalue weighted by atomic mass is 16.6. The number of rotatable bonds is 10. The van der Waals surface area contributed by atoms with Crippen LogP contribution >= 0.6 is 0 Å². The van der Waals surface area contributed by atoms with Crippen LogP contribution in [0.5, 0.6) is 0 Å². The Kier molecular flexibility index (Phi) is 9.93. The summed E-state index contributed by atoms with van der Waals surface area (Å²) >= 11 is 0. The first-order valence-corrected chi connectivity index (χ1v) is 16.9. The summed E-state index contributed by atoms with van der Waals surface area (Å²) in [6, 6.07) is 18.3. The zero-order chi connectivity index (χ0) is 35.4. The normalized spacial score (nSPS) is 16.9. The lowest BCUT2D eigenvalue weighted by Crippen LogP contribution is -2.52. The molecule has 2 aromatic heterocycles. The Morgan fingerprint density at radius 1 is 1.02 bits per heavy atom. The molecule has 13 nitrogen and oxygen atoms in total. The van der Waals surface area contributed by atoms with Crippen molar-refractivity contribution in [2.24, 2.45) is 17.6 Å². The van der Waals surface area contributed by atoms with Gasteiger partial charge in [-0.1, -0.05) is 30.3 Å². The van der Waals surface area contributed by atoms with Crippen LogP contribution in [0.1, 0.15) is 57.6 Å². The third-order valence-corrected chi connectivity index (χ3v) is 9.23. The van der Waals surface area contributed by atoms with Crippen LogP contribution in [0, 0.1) is 18.8 Å². The Balaban J connectivity index is 1.26. The molecule has 0 spiro atoms. The molecule has 1 fully saturated rings. The molecule has 2 heterocycles. The molecule has 3 amide bonds. The molecule has 0 radical (unpaired) electrons. The Morgan fingerprint density at radius 3 is 2.46 bits per heavy atom. The first-order valence-electron chi connectivity index (χ1n) is 16.9. The smallest absolute Gasteiger partial charge is 0.407 e. The maximum atomic E-state index is 14.5. The van der Waals surface area contributed by atoms with Crippen LogP contribution in [0.3, 0.4) is 0 Å². The number of fused-ring (bicyclic) bond motifs is 1. The third kappa shape index (κ3) is 7.82.